The van der Waals surface area contributed by atoms with Crippen molar-refractivity contribution in [1.82, 2.24) is 0 Å². The molecule has 3 heteroatoms. The zero-order valence-electron chi connectivity index (χ0n) is 14.5. The first kappa shape index (κ1) is 17.5. The Morgan fingerprint density at radius 1 is 1.10 bits per heavy atom. The molecule has 0 fully saturated rings. The second kappa shape index (κ2) is 6.08. The molecule has 1 aromatic rings. The Morgan fingerprint density at radius 2 is 1.67 bits per heavy atom. The summed E-state index contributed by atoms with van der Waals surface area (Å²) in [6, 6.07) is 6.10. The van der Waals surface area contributed by atoms with Crippen LogP contribution in [0.15, 0.2) is 18.2 Å². The monoisotopic (exact) mass is 292 g/mol. The van der Waals surface area contributed by atoms with E-state index in [2.05, 4.69) is 32.9 Å². The zero-order chi connectivity index (χ0) is 16.4. The standard InChI is InChI=1S/C18H28O3/c1-12-9-10-14(17(3,4)5)15(11-12)20-13(2)16(19)21-18(6,7)8/h9-11,13H,1-8H3. The van der Waals surface area contributed by atoms with E-state index in [-0.39, 0.29) is 11.4 Å². The maximum atomic E-state index is 12.1. The average Bonchev–Trinajstić information content (AvgIpc) is 2.24. The van der Waals surface area contributed by atoms with E-state index in [0.29, 0.717) is 0 Å². The van der Waals surface area contributed by atoms with Gasteiger partial charge in [0.2, 0.25) is 0 Å². The summed E-state index contributed by atoms with van der Waals surface area (Å²) in [6.45, 7) is 15.7. The van der Waals surface area contributed by atoms with Crippen LogP contribution in [0.25, 0.3) is 0 Å². The van der Waals surface area contributed by atoms with E-state index in [1.807, 2.05) is 33.8 Å². The third kappa shape index (κ3) is 5.41. The number of ether oxygens (including phenoxy) is 2. The van der Waals surface area contributed by atoms with Crippen LogP contribution in [-0.2, 0) is 14.9 Å². The molecule has 0 heterocycles. The molecule has 3 nitrogen and oxygen atoms in total. The van der Waals surface area contributed by atoms with Crippen molar-refractivity contribution in [3.63, 3.8) is 0 Å². The lowest BCUT2D eigenvalue weighted by Crippen LogP contribution is -2.33. The van der Waals surface area contributed by atoms with Crippen LogP contribution in [-0.4, -0.2) is 17.7 Å². The summed E-state index contributed by atoms with van der Waals surface area (Å²) in [7, 11) is 0. The van der Waals surface area contributed by atoms with Crippen LogP contribution in [0.3, 0.4) is 0 Å². The Bertz CT molecular complexity index is 504. The van der Waals surface area contributed by atoms with E-state index in [1.54, 1.807) is 6.92 Å². The van der Waals surface area contributed by atoms with E-state index in [0.717, 1.165) is 16.9 Å². The summed E-state index contributed by atoms with van der Waals surface area (Å²) < 4.78 is 11.2. The lowest BCUT2D eigenvalue weighted by atomic mass is 9.86. The summed E-state index contributed by atoms with van der Waals surface area (Å²) in [5.41, 5.74) is 1.64. The SMILES string of the molecule is Cc1ccc(C(C)(C)C)c(OC(C)C(=O)OC(C)(C)C)c1. The van der Waals surface area contributed by atoms with Gasteiger partial charge in [-0.3, -0.25) is 0 Å². The lowest BCUT2D eigenvalue weighted by Gasteiger charge is -2.26. The quantitative estimate of drug-likeness (QED) is 0.774. The van der Waals surface area contributed by atoms with Crippen molar-refractivity contribution in [2.75, 3.05) is 0 Å². The molecule has 118 valence electrons. The van der Waals surface area contributed by atoms with Gasteiger partial charge in [-0.2, -0.15) is 0 Å². The minimum atomic E-state index is -0.632. The van der Waals surface area contributed by atoms with E-state index < -0.39 is 11.7 Å². The van der Waals surface area contributed by atoms with E-state index >= 15 is 0 Å². The summed E-state index contributed by atoms with van der Waals surface area (Å²) in [4.78, 5) is 12.1. The highest BCUT2D eigenvalue weighted by Crippen LogP contribution is 2.32. The van der Waals surface area contributed by atoms with Crippen LogP contribution in [0.5, 0.6) is 5.75 Å². The van der Waals surface area contributed by atoms with Gasteiger partial charge in [0, 0.05) is 0 Å². The number of hydrogen-bond acceptors (Lipinski definition) is 3. The largest absolute Gasteiger partial charge is 0.479 e. The lowest BCUT2D eigenvalue weighted by molar-refractivity contribution is -0.162. The number of carbonyl (C=O) groups is 1. The molecule has 0 spiro atoms. The molecule has 0 bridgehead atoms. The molecule has 0 aliphatic heterocycles. The Kier molecular flexibility index (Phi) is 5.08. The maximum Gasteiger partial charge on any atom is 0.347 e. The number of aryl methyl sites for hydroxylation is 1. The van der Waals surface area contributed by atoms with E-state index in [9.17, 15) is 4.79 Å². The van der Waals surface area contributed by atoms with Gasteiger partial charge in [-0.05, 0) is 57.2 Å². The first-order valence-electron chi connectivity index (χ1n) is 7.41. The summed E-state index contributed by atoms with van der Waals surface area (Å²) >= 11 is 0. The number of carbonyl (C=O) groups excluding carboxylic acids is 1. The molecule has 1 unspecified atom stereocenters. The number of benzene rings is 1. The molecule has 0 aliphatic rings. The third-order valence-electron chi connectivity index (χ3n) is 2.99. The summed E-state index contributed by atoms with van der Waals surface area (Å²) in [5.74, 6) is 0.407. The molecule has 1 aromatic carbocycles. The minimum absolute atomic E-state index is 0.0450. The topological polar surface area (TPSA) is 35.5 Å². The van der Waals surface area contributed by atoms with Crippen LogP contribution in [0.1, 0.15) is 59.6 Å². The van der Waals surface area contributed by atoms with Crippen molar-refractivity contribution in [3.05, 3.63) is 29.3 Å². The number of esters is 1. The highest BCUT2D eigenvalue weighted by Gasteiger charge is 2.26. The molecular weight excluding hydrogens is 264 g/mol. The second-order valence-corrected chi connectivity index (χ2v) is 7.54. The van der Waals surface area contributed by atoms with Gasteiger partial charge in [-0.25, -0.2) is 4.79 Å². The molecule has 0 aromatic heterocycles. The van der Waals surface area contributed by atoms with Crippen LogP contribution < -0.4 is 4.74 Å². The summed E-state index contributed by atoms with van der Waals surface area (Å²) in [6.07, 6.45) is -0.632. The number of rotatable bonds is 3. The molecular formula is C18H28O3. The van der Waals surface area contributed by atoms with Gasteiger partial charge >= 0.3 is 5.97 Å². The molecule has 0 saturated heterocycles. The molecule has 0 N–H and O–H groups in total. The van der Waals surface area contributed by atoms with Crippen LogP contribution in [0.2, 0.25) is 0 Å². The van der Waals surface area contributed by atoms with Crippen LogP contribution in [0.4, 0.5) is 0 Å². The van der Waals surface area contributed by atoms with E-state index in [1.165, 1.54) is 0 Å². The number of hydrogen-bond donors (Lipinski definition) is 0. The Labute approximate surface area is 128 Å². The molecule has 1 rings (SSSR count). The fourth-order valence-corrected chi connectivity index (χ4v) is 1.97. The van der Waals surface area contributed by atoms with Gasteiger partial charge in [0.1, 0.15) is 11.4 Å². The molecule has 0 radical (unpaired) electrons. The van der Waals surface area contributed by atoms with Crippen LogP contribution in [0, 0.1) is 6.92 Å². The average molecular weight is 292 g/mol. The minimum Gasteiger partial charge on any atom is -0.479 e. The fraction of sp³-hybridized carbons (Fsp3) is 0.611. The van der Waals surface area contributed by atoms with Crippen molar-refractivity contribution in [1.29, 1.82) is 0 Å². The molecule has 21 heavy (non-hydrogen) atoms. The Morgan fingerprint density at radius 3 is 2.14 bits per heavy atom. The zero-order valence-corrected chi connectivity index (χ0v) is 14.5. The Hall–Kier alpha value is -1.51. The highest BCUT2D eigenvalue weighted by atomic mass is 16.6. The smallest absolute Gasteiger partial charge is 0.347 e. The molecule has 0 saturated carbocycles. The van der Waals surface area contributed by atoms with Gasteiger partial charge in [0.15, 0.2) is 6.10 Å². The van der Waals surface area contributed by atoms with Crippen molar-refractivity contribution in [2.24, 2.45) is 0 Å². The molecule has 1 atom stereocenters. The Balaban J connectivity index is 2.97. The molecule has 0 aliphatic carbocycles. The van der Waals surface area contributed by atoms with Gasteiger partial charge in [-0.1, -0.05) is 32.9 Å². The van der Waals surface area contributed by atoms with E-state index in [4.69, 9.17) is 9.47 Å². The van der Waals surface area contributed by atoms with Gasteiger partial charge in [0.25, 0.3) is 0 Å². The van der Waals surface area contributed by atoms with Crippen molar-refractivity contribution >= 4 is 5.97 Å². The van der Waals surface area contributed by atoms with Crippen LogP contribution >= 0.6 is 0 Å². The maximum absolute atomic E-state index is 12.1. The van der Waals surface area contributed by atoms with Gasteiger partial charge < -0.3 is 9.47 Å². The third-order valence-corrected chi connectivity index (χ3v) is 2.99. The van der Waals surface area contributed by atoms with Gasteiger partial charge in [0.05, 0.1) is 0 Å². The molecule has 0 amide bonds. The second-order valence-electron chi connectivity index (χ2n) is 7.54. The fourth-order valence-electron chi connectivity index (χ4n) is 1.97. The first-order chi connectivity index (χ1) is 9.40. The van der Waals surface area contributed by atoms with Crippen molar-refractivity contribution < 1.29 is 14.3 Å². The van der Waals surface area contributed by atoms with Crippen molar-refractivity contribution in [2.45, 2.75) is 72.5 Å². The normalized spacial score (nSPS) is 13.7. The first-order valence-corrected chi connectivity index (χ1v) is 7.41. The highest BCUT2D eigenvalue weighted by molar-refractivity contribution is 5.75. The van der Waals surface area contributed by atoms with Gasteiger partial charge in [-0.15, -0.1) is 0 Å². The van der Waals surface area contributed by atoms with Crippen molar-refractivity contribution in [3.8, 4) is 5.75 Å². The summed E-state index contributed by atoms with van der Waals surface area (Å²) in [5, 5.41) is 0. The predicted octanol–water partition coefficient (Wildman–Crippen LogP) is 4.40. The predicted molar refractivity (Wildman–Crippen MR) is 85.8 cm³/mol.